The molecule has 3 rings (SSSR count). The van der Waals surface area contributed by atoms with Crippen molar-refractivity contribution in [2.24, 2.45) is 0 Å². The molecule has 0 aliphatic carbocycles. The number of benzene rings is 1. The van der Waals surface area contributed by atoms with Gasteiger partial charge in [0.15, 0.2) is 5.88 Å². The van der Waals surface area contributed by atoms with Gasteiger partial charge >= 0.3 is 0 Å². The van der Waals surface area contributed by atoms with Gasteiger partial charge in [0, 0.05) is 11.8 Å². The minimum Gasteiger partial charge on any atom is -0.615 e. The van der Waals surface area contributed by atoms with E-state index in [0.717, 1.165) is 12.1 Å². The second-order valence-electron chi connectivity index (χ2n) is 5.17. The van der Waals surface area contributed by atoms with E-state index in [4.69, 9.17) is 0 Å². The van der Waals surface area contributed by atoms with Crippen molar-refractivity contribution >= 4 is 22.2 Å². The van der Waals surface area contributed by atoms with Crippen LogP contribution in [0.4, 0.5) is 13.2 Å². The molecule has 0 saturated carbocycles. The second kappa shape index (κ2) is 6.82. The third kappa shape index (κ3) is 3.25. The number of aromatic nitrogens is 3. The Hall–Kier alpha value is -2.06. The van der Waals surface area contributed by atoms with Gasteiger partial charge in [-0.2, -0.15) is 5.10 Å². The third-order valence-electron chi connectivity index (χ3n) is 3.65. The number of fused-ring (bicyclic) bond motifs is 1. The molecule has 24 heavy (non-hydrogen) atoms. The van der Waals surface area contributed by atoms with Crippen LogP contribution in [0.3, 0.4) is 0 Å². The van der Waals surface area contributed by atoms with Crippen LogP contribution in [-0.4, -0.2) is 25.1 Å². The van der Waals surface area contributed by atoms with E-state index in [1.807, 2.05) is 6.92 Å². The van der Waals surface area contributed by atoms with Crippen LogP contribution in [0.2, 0.25) is 0 Å². The second-order valence-corrected chi connectivity index (χ2v) is 6.88. The predicted octanol–water partition coefficient (Wildman–Crippen LogP) is 3.90. The summed E-state index contributed by atoms with van der Waals surface area (Å²) in [7, 11) is 0. The maximum absolute atomic E-state index is 13.4. The summed E-state index contributed by atoms with van der Waals surface area (Å²) >= 11 is -1.05. The number of nitrogens with zero attached hydrogens (tertiary/aromatic N) is 3. The van der Waals surface area contributed by atoms with Crippen LogP contribution in [0.5, 0.6) is 0 Å². The van der Waals surface area contributed by atoms with Gasteiger partial charge in [-0.25, -0.2) is 17.9 Å². The lowest BCUT2D eigenvalue weighted by Crippen LogP contribution is -2.13. The van der Waals surface area contributed by atoms with Gasteiger partial charge in [0.05, 0.1) is 17.3 Å². The first kappa shape index (κ1) is 16.8. The molecule has 0 N–H and O–H groups in total. The van der Waals surface area contributed by atoms with Gasteiger partial charge in [0.2, 0.25) is 0 Å². The molecule has 0 unspecified atom stereocenters. The minimum absolute atomic E-state index is 0.233. The van der Waals surface area contributed by atoms with Crippen molar-refractivity contribution in [1.29, 1.82) is 0 Å². The van der Waals surface area contributed by atoms with Crippen molar-refractivity contribution in [3.05, 3.63) is 48.0 Å². The zero-order valence-electron chi connectivity index (χ0n) is 12.7. The average molecular weight is 353 g/mol. The Balaban J connectivity index is 2.04. The molecule has 0 radical (unpaired) electrons. The van der Waals surface area contributed by atoms with Crippen LogP contribution >= 0.6 is 0 Å². The van der Waals surface area contributed by atoms with Crippen LogP contribution < -0.4 is 0 Å². The standard InChI is InChI=1S/C16H14F3N3OS/c1-2-24(23)9-22-15-6-11(7-20-14(15)8-21-22)10-3-4-13(17)12(5-10)16(18)19/h3-8,16H,2,9H2,1H3/t24-/m0/s1. The largest absolute Gasteiger partial charge is 0.615 e. The van der Waals surface area contributed by atoms with Gasteiger partial charge < -0.3 is 4.55 Å². The van der Waals surface area contributed by atoms with Gasteiger partial charge in [0.25, 0.3) is 6.43 Å². The first-order chi connectivity index (χ1) is 11.5. The lowest BCUT2D eigenvalue weighted by Gasteiger charge is -2.10. The van der Waals surface area contributed by atoms with E-state index >= 15 is 0 Å². The average Bonchev–Trinajstić information content (AvgIpc) is 2.97. The van der Waals surface area contributed by atoms with Gasteiger partial charge in [-0.15, -0.1) is 0 Å². The van der Waals surface area contributed by atoms with E-state index in [-0.39, 0.29) is 5.88 Å². The van der Waals surface area contributed by atoms with E-state index in [9.17, 15) is 17.7 Å². The topological polar surface area (TPSA) is 53.8 Å². The van der Waals surface area contributed by atoms with E-state index in [1.165, 1.54) is 12.3 Å². The summed E-state index contributed by atoms with van der Waals surface area (Å²) in [4.78, 5) is 4.24. The Bertz CT molecular complexity index is 869. The smallest absolute Gasteiger partial charge is 0.266 e. The van der Waals surface area contributed by atoms with Crippen molar-refractivity contribution in [1.82, 2.24) is 14.8 Å². The maximum Gasteiger partial charge on any atom is 0.266 e. The summed E-state index contributed by atoms with van der Waals surface area (Å²) in [5.41, 5.74) is 1.62. The molecule has 2 heterocycles. The molecule has 3 aromatic rings. The summed E-state index contributed by atoms with van der Waals surface area (Å²) in [6.45, 7) is 1.82. The third-order valence-corrected chi connectivity index (χ3v) is 4.82. The molecule has 0 fully saturated rings. The summed E-state index contributed by atoms with van der Waals surface area (Å²) in [6.07, 6.45) is 0.189. The first-order valence-electron chi connectivity index (χ1n) is 7.24. The molecule has 0 spiro atoms. The van der Waals surface area contributed by atoms with Gasteiger partial charge in [-0.1, -0.05) is 6.07 Å². The molecular formula is C16H14F3N3OS. The first-order valence-corrected chi connectivity index (χ1v) is 8.73. The molecular weight excluding hydrogens is 339 g/mol. The number of alkyl halides is 2. The number of hydrogen-bond donors (Lipinski definition) is 0. The Morgan fingerprint density at radius 1 is 1.21 bits per heavy atom. The lowest BCUT2D eigenvalue weighted by atomic mass is 10.0. The molecule has 0 aliphatic heterocycles. The predicted molar refractivity (Wildman–Crippen MR) is 86.6 cm³/mol. The van der Waals surface area contributed by atoms with Crippen molar-refractivity contribution in [3.8, 4) is 11.1 Å². The summed E-state index contributed by atoms with van der Waals surface area (Å²) in [6, 6.07) is 5.29. The van der Waals surface area contributed by atoms with E-state index < -0.39 is 29.0 Å². The fourth-order valence-electron chi connectivity index (χ4n) is 2.34. The van der Waals surface area contributed by atoms with Crippen LogP contribution in [0.25, 0.3) is 22.2 Å². The molecule has 2 aromatic heterocycles. The normalized spacial score (nSPS) is 12.9. The van der Waals surface area contributed by atoms with E-state index in [0.29, 0.717) is 27.9 Å². The summed E-state index contributed by atoms with van der Waals surface area (Å²) in [5, 5.41) is 4.16. The van der Waals surface area contributed by atoms with Crippen LogP contribution in [0, 0.1) is 5.82 Å². The molecule has 0 saturated heterocycles. The molecule has 1 aromatic carbocycles. The highest BCUT2D eigenvalue weighted by Crippen LogP contribution is 2.29. The zero-order chi connectivity index (χ0) is 17.3. The van der Waals surface area contributed by atoms with Crippen molar-refractivity contribution in [2.75, 3.05) is 5.75 Å². The van der Waals surface area contributed by atoms with Crippen molar-refractivity contribution in [3.63, 3.8) is 0 Å². The minimum atomic E-state index is -2.89. The quantitative estimate of drug-likeness (QED) is 0.654. The highest BCUT2D eigenvalue weighted by molar-refractivity contribution is 7.90. The van der Waals surface area contributed by atoms with Crippen molar-refractivity contribution in [2.45, 2.75) is 19.2 Å². The Kier molecular flexibility index (Phi) is 4.77. The summed E-state index contributed by atoms with van der Waals surface area (Å²) in [5.74, 6) is -0.202. The van der Waals surface area contributed by atoms with Crippen LogP contribution in [-0.2, 0) is 17.1 Å². The van der Waals surface area contributed by atoms with Gasteiger partial charge in [0.1, 0.15) is 17.1 Å². The van der Waals surface area contributed by atoms with Gasteiger partial charge in [-0.05, 0) is 41.9 Å². The Morgan fingerprint density at radius 2 is 2.00 bits per heavy atom. The fourth-order valence-corrected chi connectivity index (χ4v) is 3.00. The molecule has 0 bridgehead atoms. The highest BCUT2D eigenvalue weighted by Gasteiger charge is 2.16. The molecule has 1 atom stereocenters. The SMILES string of the molecule is CC[S@+]([O-])Cn1ncc2ncc(-c3ccc(F)c(C(F)F)c3)cc21. The van der Waals surface area contributed by atoms with E-state index in [2.05, 4.69) is 10.1 Å². The van der Waals surface area contributed by atoms with Crippen molar-refractivity contribution < 1.29 is 17.7 Å². The lowest BCUT2D eigenvalue weighted by molar-refractivity contribution is 0.146. The van der Waals surface area contributed by atoms with Crippen LogP contribution in [0.1, 0.15) is 18.9 Å². The fraction of sp³-hybridized carbons (Fsp3) is 0.250. The molecule has 0 aliphatic rings. The molecule has 8 heteroatoms. The number of rotatable bonds is 5. The zero-order valence-corrected chi connectivity index (χ0v) is 13.6. The molecule has 126 valence electrons. The summed E-state index contributed by atoms with van der Waals surface area (Å²) < 4.78 is 52.5. The number of halogens is 3. The number of hydrogen-bond acceptors (Lipinski definition) is 3. The molecule has 0 amide bonds. The molecule has 4 nitrogen and oxygen atoms in total. The highest BCUT2D eigenvalue weighted by atomic mass is 32.2. The Morgan fingerprint density at radius 3 is 2.71 bits per heavy atom. The van der Waals surface area contributed by atoms with Gasteiger partial charge in [-0.3, -0.25) is 4.98 Å². The Labute approximate surface area is 139 Å². The number of pyridine rings is 1. The maximum atomic E-state index is 13.4. The monoisotopic (exact) mass is 353 g/mol. The van der Waals surface area contributed by atoms with Crippen LogP contribution in [0.15, 0.2) is 36.7 Å². The van der Waals surface area contributed by atoms with E-state index in [1.54, 1.807) is 16.9 Å².